The van der Waals surface area contributed by atoms with Gasteiger partial charge in [-0.2, -0.15) is 0 Å². The first-order chi connectivity index (χ1) is 11.5. The number of hydrogen-bond donors (Lipinski definition) is 1. The summed E-state index contributed by atoms with van der Waals surface area (Å²) in [5.41, 5.74) is 2.26. The fourth-order valence-electron chi connectivity index (χ4n) is 2.48. The van der Waals surface area contributed by atoms with E-state index in [1.165, 1.54) is 5.56 Å². The van der Waals surface area contributed by atoms with Crippen molar-refractivity contribution in [1.29, 1.82) is 0 Å². The third-order valence-electron chi connectivity index (χ3n) is 4.15. The summed E-state index contributed by atoms with van der Waals surface area (Å²) in [5, 5.41) is 10.3. The molecule has 0 bridgehead atoms. The topological polar surface area (TPSA) is 47.9 Å². The molecule has 134 valence electrons. The van der Waals surface area contributed by atoms with Gasteiger partial charge in [-0.15, -0.1) is 0 Å². The number of aromatic hydroxyl groups is 1. The Kier molecular flexibility index (Phi) is 4.61. The van der Waals surface area contributed by atoms with E-state index < -0.39 is 21.5 Å². The van der Waals surface area contributed by atoms with Crippen molar-refractivity contribution in [3.63, 3.8) is 0 Å². The van der Waals surface area contributed by atoms with E-state index in [2.05, 4.69) is 47.6 Å². The van der Waals surface area contributed by atoms with Crippen LogP contribution in [-0.4, -0.2) is 26.6 Å². The van der Waals surface area contributed by atoms with Crippen LogP contribution in [-0.2, 0) is 10.8 Å². The van der Waals surface area contributed by atoms with E-state index in [1.54, 1.807) is 12.1 Å². The second-order valence-electron chi connectivity index (χ2n) is 8.34. The first-order valence-electron chi connectivity index (χ1n) is 8.36. The van der Waals surface area contributed by atoms with Gasteiger partial charge in [-0.3, -0.25) is 0 Å². The zero-order valence-corrected chi connectivity index (χ0v) is 18.1. The molecule has 4 nitrogen and oxygen atoms in total. The molecule has 3 rings (SSSR count). The van der Waals surface area contributed by atoms with E-state index in [4.69, 9.17) is 9.05 Å². The minimum atomic E-state index is -2.90. The van der Waals surface area contributed by atoms with Crippen molar-refractivity contribution in [2.75, 3.05) is 0 Å². The molecule has 2 aromatic carbocycles. The van der Waals surface area contributed by atoms with Gasteiger partial charge in [0, 0.05) is 0 Å². The predicted molar refractivity (Wildman–Crippen MR) is 99.6 cm³/mol. The maximum atomic E-state index is 10.3. The molecule has 0 amide bonds. The summed E-state index contributed by atoms with van der Waals surface area (Å²) in [6.45, 7) is 12.8. The first kappa shape index (κ1) is 18.3. The second-order valence-corrected chi connectivity index (χ2v) is 11.2. The van der Waals surface area contributed by atoms with Crippen molar-refractivity contribution in [3.05, 3.63) is 47.5 Å². The quantitative estimate of drug-likeness (QED) is 0.666. The average molecular weight is 451 g/mol. The van der Waals surface area contributed by atoms with Gasteiger partial charge in [0.15, 0.2) is 0 Å². The molecule has 0 aromatic heterocycles. The van der Waals surface area contributed by atoms with Gasteiger partial charge in [0.2, 0.25) is 0 Å². The monoisotopic (exact) mass is 450 g/mol. The van der Waals surface area contributed by atoms with Crippen LogP contribution in [0.5, 0.6) is 23.0 Å². The zero-order chi connectivity index (χ0) is 18.4. The SMILES string of the molecule is CC(C)(C)c1ccc([O][Sb]2[O]c3ccc(C(C)(C)C)cc3[O]2)c(O)c1. The zero-order valence-electron chi connectivity index (χ0n) is 15.6. The molecule has 0 unspecified atom stereocenters. The molecule has 1 aliphatic heterocycles. The van der Waals surface area contributed by atoms with Crippen LogP contribution < -0.4 is 9.05 Å². The molecule has 0 radical (unpaired) electrons. The molecule has 2 aromatic rings. The van der Waals surface area contributed by atoms with E-state index in [0.717, 1.165) is 17.1 Å². The summed E-state index contributed by atoms with van der Waals surface area (Å²) < 4.78 is 17.7. The molecule has 0 saturated heterocycles. The first-order valence-corrected chi connectivity index (χ1v) is 11.5. The van der Waals surface area contributed by atoms with Crippen LogP contribution in [0.2, 0.25) is 0 Å². The van der Waals surface area contributed by atoms with E-state index in [1.807, 2.05) is 18.2 Å². The van der Waals surface area contributed by atoms with Crippen LogP contribution >= 0.6 is 0 Å². The van der Waals surface area contributed by atoms with E-state index in [0.29, 0.717) is 5.75 Å². The Morgan fingerprint density at radius 1 is 0.800 bits per heavy atom. The Hall–Kier alpha value is -1.54. The van der Waals surface area contributed by atoms with E-state index >= 15 is 0 Å². The van der Waals surface area contributed by atoms with E-state index in [9.17, 15) is 5.11 Å². The summed E-state index contributed by atoms with van der Waals surface area (Å²) in [4.78, 5) is 0. The molecule has 0 aliphatic carbocycles. The van der Waals surface area contributed by atoms with Crippen molar-refractivity contribution >= 4 is 21.5 Å². The van der Waals surface area contributed by atoms with Crippen molar-refractivity contribution in [3.8, 4) is 23.0 Å². The number of benzene rings is 2. The molecule has 25 heavy (non-hydrogen) atoms. The molecule has 1 aliphatic rings. The molecule has 0 spiro atoms. The fraction of sp³-hybridized carbons (Fsp3) is 0.400. The van der Waals surface area contributed by atoms with Gasteiger partial charge in [-0.25, -0.2) is 0 Å². The summed E-state index contributed by atoms with van der Waals surface area (Å²) in [5.74, 6) is 2.00. The Balaban J connectivity index is 1.75. The fourth-order valence-corrected chi connectivity index (χ4v) is 5.45. The van der Waals surface area contributed by atoms with Gasteiger partial charge in [-0.1, -0.05) is 0 Å². The molecule has 5 heteroatoms. The third kappa shape index (κ3) is 4.00. The molecule has 0 atom stereocenters. The predicted octanol–water partition coefficient (Wildman–Crippen LogP) is 4.82. The average Bonchev–Trinajstić information content (AvgIpc) is 2.88. The Morgan fingerprint density at radius 2 is 1.36 bits per heavy atom. The molecule has 0 saturated carbocycles. The van der Waals surface area contributed by atoms with Crippen LogP contribution in [0.1, 0.15) is 52.7 Å². The molecular weight excluding hydrogens is 426 g/mol. The number of fused-ring (bicyclic) bond motifs is 1. The van der Waals surface area contributed by atoms with Crippen LogP contribution in [0.15, 0.2) is 36.4 Å². The maximum absolute atomic E-state index is 10.3. The van der Waals surface area contributed by atoms with Gasteiger partial charge in [-0.05, 0) is 0 Å². The Bertz CT molecular complexity index is 787. The van der Waals surface area contributed by atoms with Crippen LogP contribution in [0.3, 0.4) is 0 Å². The second kappa shape index (κ2) is 6.32. The summed E-state index contributed by atoms with van der Waals surface area (Å²) in [6.07, 6.45) is 0. The normalized spacial score (nSPS) is 14.6. The minimum absolute atomic E-state index is 0.0307. The van der Waals surface area contributed by atoms with Crippen LogP contribution in [0.25, 0.3) is 0 Å². The number of hydrogen-bond acceptors (Lipinski definition) is 4. The molecule has 1 N–H and O–H groups in total. The van der Waals surface area contributed by atoms with E-state index in [-0.39, 0.29) is 16.6 Å². The van der Waals surface area contributed by atoms with Gasteiger partial charge < -0.3 is 0 Å². The number of phenols is 1. The van der Waals surface area contributed by atoms with Crippen LogP contribution in [0, 0.1) is 0 Å². The number of phenolic OH excluding ortho intramolecular Hbond substituents is 1. The Morgan fingerprint density at radius 3 is 1.96 bits per heavy atom. The van der Waals surface area contributed by atoms with Crippen LogP contribution in [0.4, 0.5) is 0 Å². The molecular formula is C20H25O4Sb. The van der Waals surface area contributed by atoms with Crippen molar-refractivity contribution in [2.45, 2.75) is 52.4 Å². The summed E-state index contributed by atoms with van der Waals surface area (Å²) in [7, 11) is 0. The molecule has 1 heterocycles. The Labute approximate surface area is 158 Å². The number of rotatable bonds is 2. The standard InChI is InChI=1S/2C10H14O2.Sb/c2*1-10(2,3)7-4-5-8(11)9(12)6-7;/h2*4-6,11-12H,1-3H3;/q;;+3/p-3. The van der Waals surface area contributed by atoms with Crippen molar-refractivity contribution in [1.82, 2.24) is 0 Å². The van der Waals surface area contributed by atoms with Gasteiger partial charge in [0.25, 0.3) is 0 Å². The van der Waals surface area contributed by atoms with Gasteiger partial charge in [0.05, 0.1) is 0 Å². The van der Waals surface area contributed by atoms with Crippen molar-refractivity contribution < 1.29 is 14.2 Å². The van der Waals surface area contributed by atoms with Gasteiger partial charge in [0.1, 0.15) is 0 Å². The summed E-state index contributed by atoms with van der Waals surface area (Å²) in [6, 6.07) is 11.5. The molecule has 0 fully saturated rings. The van der Waals surface area contributed by atoms with Gasteiger partial charge >= 0.3 is 159 Å². The third-order valence-corrected chi connectivity index (χ3v) is 7.11. The van der Waals surface area contributed by atoms with Crippen molar-refractivity contribution in [2.24, 2.45) is 0 Å². The summed E-state index contributed by atoms with van der Waals surface area (Å²) >= 11 is -2.90.